The van der Waals surface area contributed by atoms with Gasteiger partial charge in [-0.3, -0.25) is 0 Å². The third-order valence-electron chi connectivity index (χ3n) is 4.10. The van der Waals surface area contributed by atoms with E-state index >= 15 is 0 Å². The molecule has 1 aliphatic rings. The second-order valence-electron chi connectivity index (χ2n) is 6.01. The van der Waals surface area contributed by atoms with E-state index in [1.807, 2.05) is 12.3 Å². The van der Waals surface area contributed by atoms with Crippen molar-refractivity contribution in [2.75, 3.05) is 19.5 Å². The molecule has 0 atom stereocenters. The van der Waals surface area contributed by atoms with Crippen molar-refractivity contribution in [2.45, 2.75) is 44.6 Å². The predicted octanol–water partition coefficient (Wildman–Crippen LogP) is 3.92. The average Bonchev–Trinajstić information content (AvgIpc) is 3.02. The second-order valence-corrected chi connectivity index (χ2v) is 6.87. The van der Waals surface area contributed by atoms with Crippen molar-refractivity contribution in [1.82, 2.24) is 15.0 Å². The van der Waals surface area contributed by atoms with Gasteiger partial charge in [0, 0.05) is 30.0 Å². The first-order valence-electron chi connectivity index (χ1n) is 7.99. The average molecular weight is 370 g/mol. The molecule has 9 heteroatoms. The van der Waals surface area contributed by atoms with E-state index in [0.717, 1.165) is 5.69 Å². The SMILES string of the molecule is COc1nc(-c2nc(C)cs2)nc(NC2CCC(F)(F)CC2)c1OC. The van der Waals surface area contributed by atoms with Gasteiger partial charge < -0.3 is 14.8 Å². The Hall–Kier alpha value is -2.03. The van der Waals surface area contributed by atoms with Crippen molar-refractivity contribution in [1.29, 1.82) is 0 Å². The summed E-state index contributed by atoms with van der Waals surface area (Å²) in [7, 11) is 2.99. The number of anilines is 1. The minimum absolute atomic E-state index is 0.0981. The normalized spacial score (nSPS) is 17.3. The van der Waals surface area contributed by atoms with Crippen LogP contribution < -0.4 is 14.8 Å². The lowest BCUT2D eigenvalue weighted by Gasteiger charge is -2.29. The van der Waals surface area contributed by atoms with Gasteiger partial charge in [-0.2, -0.15) is 4.98 Å². The molecule has 0 aromatic carbocycles. The summed E-state index contributed by atoms with van der Waals surface area (Å²) >= 11 is 1.43. The Morgan fingerprint density at radius 2 is 1.88 bits per heavy atom. The van der Waals surface area contributed by atoms with Gasteiger partial charge in [-0.15, -0.1) is 11.3 Å². The summed E-state index contributed by atoms with van der Waals surface area (Å²) in [5, 5.41) is 5.79. The minimum Gasteiger partial charge on any atom is -0.489 e. The number of halogens is 2. The quantitative estimate of drug-likeness (QED) is 0.860. The number of thiazole rings is 1. The van der Waals surface area contributed by atoms with Crippen molar-refractivity contribution in [3.63, 3.8) is 0 Å². The molecule has 0 spiro atoms. The van der Waals surface area contributed by atoms with Crippen LogP contribution in [0.25, 0.3) is 10.8 Å². The van der Waals surface area contributed by atoms with Crippen LogP contribution in [0.3, 0.4) is 0 Å². The Morgan fingerprint density at radius 1 is 1.16 bits per heavy atom. The fraction of sp³-hybridized carbons (Fsp3) is 0.562. The van der Waals surface area contributed by atoms with E-state index in [-0.39, 0.29) is 24.8 Å². The maximum atomic E-state index is 13.4. The van der Waals surface area contributed by atoms with Gasteiger partial charge in [-0.05, 0) is 19.8 Å². The number of methoxy groups -OCH3 is 2. The van der Waals surface area contributed by atoms with E-state index in [1.54, 1.807) is 0 Å². The van der Waals surface area contributed by atoms with Crippen LogP contribution in [-0.4, -0.2) is 41.1 Å². The van der Waals surface area contributed by atoms with E-state index in [4.69, 9.17) is 9.47 Å². The highest BCUT2D eigenvalue weighted by Gasteiger charge is 2.35. The predicted molar refractivity (Wildman–Crippen MR) is 91.8 cm³/mol. The van der Waals surface area contributed by atoms with Gasteiger partial charge in [0.05, 0.1) is 14.2 Å². The molecule has 0 amide bonds. The number of nitrogens with zero attached hydrogens (tertiary/aromatic N) is 3. The highest BCUT2D eigenvalue weighted by Crippen LogP contribution is 2.38. The Balaban J connectivity index is 1.91. The summed E-state index contributed by atoms with van der Waals surface area (Å²) in [6.07, 6.45) is 0.476. The van der Waals surface area contributed by atoms with Gasteiger partial charge in [0.1, 0.15) is 0 Å². The third kappa shape index (κ3) is 3.97. The minimum atomic E-state index is -2.57. The number of aromatic nitrogens is 3. The molecule has 6 nitrogen and oxygen atoms in total. The van der Waals surface area contributed by atoms with Crippen LogP contribution in [0.15, 0.2) is 5.38 Å². The zero-order chi connectivity index (χ0) is 18.0. The Morgan fingerprint density at radius 3 is 2.44 bits per heavy atom. The van der Waals surface area contributed by atoms with Crippen LogP contribution in [0.5, 0.6) is 11.6 Å². The Kier molecular flexibility index (Phi) is 5.03. The smallest absolute Gasteiger partial charge is 0.262 e. The van der Waals surface area contributed by atoms with Crippen LogP contribution in [-0.2, 0) is 0 Å². The van der Waals surface area contributed by atoms with Crippen LogP contribution in [0.4, 0.5) is 14.6 Å². The van der Waals surface area contributed by atoms with Crippen molar-refractivity contribution < 1.29 is 18.3 Å². The van der Waals surface area contributed by atoms with Crippen molar-refractivity contribution in [2.24, 2.45) is 0 Å². The maximum absolute atomic E-state index is 13.4. The fourth-order valence-electron chi connectivity index (χ4n) is 2.78. The fourth-order valence-corrected chi connectivity index (χ4v) is 3.51. The van der Waals surface area contributed by atoms with E-state index in [9.17, 15) is 8.78 Å². The maximum Gasteiger partial charge on any atom is 0.262 e. The lowest BCUT2D eigenvalue weighted by atomic mass is 9.92. The highest BCUT2D eigenvalue weighted by atomic mass is 32.1. The van der Waals surface area contributed by atoms with Crippen LogP contribution in [0, 0.1) is 6.92 Å². The first-order valence-corrected chi connectivity index (χ1v) is 8.86. The third-order valence-corrected chi connectivity index (χ3v) is 5.06. The molecule has 1 saturated carbocycles. The highest BCUT2D eigenvalue weighted by molar-refractivity contribution is 7.13. The number of rotatable bonds is 5. The van der Waals surface area contributed by atoms with E-state index in [1.165, 1.54) is 25.6 Å². The van der Waals surface area contributed by atoms with Crippen molar-refractivity contribution in [3.05, 3.63) is 11.1 Å². The molecule has 0 bridgehead atoms. The molecule has 0 radical (unpaired) electrons. The number of aryl methyl sites for hydroxylation is 1. The molecule has 0 aliphatic heterocycles. The molecule has 0 unspecified atom stereocenters. The molecule has 1 aliphatic carbocycles. The van der Waals surface area contributed by atoms with Crippen LogP contribution in [0.2, 0.25) is 0 Å². The molecule has 0 saturated heterocycles. The van der Waals surface area contributed by atoms with E-state index in [0.29, 0.717) is 35.2 Å². The molecule has 3 rings (SSSR count). The van der Waals surface area contributed by atoms with Gasteiger partial charge in [-0.1, -0.05) is 0 Å². The molecule has 2 aromatic heterocycles. The molecular weight excluding hydrogens is 350 g/mol. The van der Waals surface area contributed by atoms with Crippen LogP contribution in [0.1, 0.15) is 31.4 Å². The van der Waals surface area contributed by atoms with Crippen molar-refractivity contribution in [3.8, 4) is 22.5 Å². The zero-order valence-corrected chi connectivity index (χ0v) is 15.1. The van der Waals surface area contributed by atoms with Gasteiger partial charge in [0.2, 0.25) is 11.7 Å². The number of ether oxygens (including phenoxy) is 2. The summed E-state index contributed by atoms with van der Waals surface area (Å²) < 4.78 is 37.4. The number of nitrogens with one attached hydrogen (secondary N) is 1. The largest absolute Gasteiger partial charge is 0.489 e. The number of hydrogen-bond donors (Lipinski definition) is 1. The molecule has 25 heavy (non-hydrogen) atoms. The summed E-state index contributed by atoms with van der Waals surface area (Å²) in [5.74, 6) is -1.08. The van der Waals surface area contributed by atoms with Gasteiger partial charge in [0.25, 0.3) is 5.88 Å². The summed E-state index contributed by atoms with van der Waals surface area (Å²) in [5.41, 5.74) is 0.877. The van der Waals surface area contributed by atoms with Gasteiger partial charge in [0.15, 0.2) is 16.6 Å². The second kappa shape index (κ2) is 7.07. The molecule has 2 aromatic rings. The van der Waals surface area contributed by atoms with Gasteiger partial charge >= 0.3 is 0 Å². The van der Waals surface area contributed by atoms with Crippen molar-refractivity contribution >= 4 is 17.2 Å². The number of alkyl halides is 2. The first kappa shape index (κ1) is 17.8. The molecule has 1 fully saturated rings. The Bertz CT molecular complexity index is 744. The summed E-state index contributed by atoms with van der Waals surface area (Å²) in [6, 6.07) is -0.0981. The van der Waals surface area contributed by atoms with E-state index in [2.05, 4.69) is 20.3 Å². The van der Waals surface area contributed by atoms with Crippen LogP contribution >= 0.6 is 11.3 Å². The molecule has 2 heterocycles. The number of hydrogen-bond acceptors (Lipinski definition) is 7. The topological polar surface area (TPSA) is 69.2 Å². The standard InChI is InChI=1S/C16H20F2N4O2S/c1-9-8-25-15(19-9)13-21-12(11(23-2)14(22-13)24-3)20-10-4-6-16(17,18)7-5-10/h8,10H,4-7H2,1-3H3,(H,20,21,22). The molecule has 1 N–H and O–H groups in total. The lowest BCUT2D eigenvalue weighted by molar-refractivity contribution is -0.0361. The summed E-state index contributed by atoms with van der Waals surface area (Å²) in [4.78, 5) is 13.2. The first-order chi connectivity index (χ1) is 11.9. The zero-order valence-electron chi connectivity index (χ0n) is 14.3. The molecule has 136 valence electrons. The molecular formula is C16H20F2N4O2S. The summed E-state index contributed by atoms with van der Waals surface area (Å²) in [6.45, 7) is 1.89. The monoisotopic (exact) mass is 370 g/mol. The Labute approximate surface area is 148 Å². The van der Waals surface area contributed by atoms with E-state index < -0.39 is 5.92 Å². The lowest BCUT2D eigenvalue weighted by Crippen LogP contribution is -2.32. The van der Waals surface area contributed by atoms with Gasteiger partial charge in [-0.25, -0.2) is 18.7 Å².